The lowest BCUT2D eigenvalue weighted by molar-refractivity contribution is -0.116. The standard InChI is InChI=1S/C22H25N5O3S/c1-4-27-19(13-20(28)23-17-9-6-10-18(12-17)30-3)25-26-22(27)31-14-21(29)24-16-8-5-7-15(2)11-16/h5-12H,4,13-14H2,1-3H3,(H,23,28)(H,24,29). The number of aromatic nitrogens is 3. The van der Waals surface area contributed by atoms with Crippen molar-refractivity contribution in [1.82, 2.24) is 14.8 Å². The van der Waals surface area contributed by atoms with Crippen molar-refractivity contribution in [3.8, 4) is 5.75 Å². The van der Waals surface area contributed by atoms with Crippen LogP contribution in [0.15, 0.2) is 53.7 Å². The van der Waals surface area contributed by atoms with Gasteiger partial charge >= 0.3 is 0 Å². The molecule has 2 N–H and O–H groups in total. The maximum absolute atomic E-state index is 12.5. The lowest BCUT2D eigenvalue weighted by Gasteiger charge is -2.09. The van der Waals surface area contributed by atoms with Gasteiger partial charge in [0.25, 0.3) is 0 Å². The van der Waals surface area contributed by atoms with Gasteiger partial charge < -0.3 is 19.9 Å². The molecule has 31 heavy (non-hydrogen) atoms. The van der Waals surface area contributed by atoms with E-state index < -0.39 is 0 Å². The van der Waals surface area contributed by atoms with Crippen LogP contribution in [-0.2, 0) is 22.6 Å². The van der Waals surface area contributed by atoms with Gasteiger partial charge in [0.1, 0.15) is 11.6 Å². The van der Waals surface area contributed by atoms with Crippen LogP contribution in [0, 0.1) is 6.92 Å². The van der Waals surface area contributed by atoms with Crippen molar-refractivity contribution in [2.24, 2.45) is 0 Å². The lowest BCUT2D eigenvalue weighted by atomic mass is 10.2. The third kappa shape index (κ3) is 6.32. The molecule has 1 aromatic heterocycles. The third-order valence-corrected chi connectivity index (χ3v) is 5.38. The summed E-state index contributed by atoms with van der Waals surface area (Å²) in [6.45, 7) is 4.51. The summed E-state index contributed by atoms with van der Waals surface area (Å²) in [5.41, 5.74) is 2.49. The predicted molar refractivity (Wildman–Crippen MR) is 122 cm³/mol. The summed E-state index contributed by atoms with van der Waals surface area (Å²) in [5.74, 6) is 1.08. The van der Waals surface area contributed by atoms with Crippen LogP contribution in [0.5, 0.6) is 5.75 Å². The second kappa shape index (κ2) is 10.6. The molecule has 0 bridgehead atoms. The molecule has 0 radical (unpaired) electrons. The first-order chi connectivity index (χ1) is 15.0. The van der Waals surface area contributed by atoms with Crippen molar-refractivity contribution in [1.29, 1.82) is 0 Å². The third-order valence-electron chi connectivity index (χ3n) is 4.42. The van der Waals surface area contributed by atoms with E-state index in [2.05, 4.69) is 20.8 Å². The van der Waals surface area contributed by atoms with E-state index in [1.807, 2.05) is 48.7 Å². The zero-order chi connectivity index (χ0) is 22.2. The zero-order valence-corrected chi connectivity index (χ0v) is 18.5. The number of methoxy groups -OCH3 is 1. The van der Waals surface area contributed by atoms with Gasteiger partial charge in [-0.1, -0.05) is 30.0 Å². The molecular formula is C22H25N5O3S. The summed E-state index contributed by atoms with van der Waals surface area (Å²) < 4.78 is 7.01. The monoisotopic (exact) mass is 439 g/mol. The fourth-order valence-corrected chi connectivity index (χ4v) is 3.80. The van der Waals surface area contributed by atoms with Crippen LogP contribution in [-0.4, -0.2) is 39.4 Å². The average Bonchev–Trinajstić information content (AvgIpc) is 3.13. The highest BCUT2D eigenvalue weighted by Crippen LogP contribution is 2.20. The molecule has 0 spiro atoms. The number of thioether (sulfide) groups is 1. The summed E-state index contributed by atoms with van der Waals surface area (Å²) in [4.78, 5) is 24.7. The molecule has 0 saturated heterocycles. The maximum Gasteiger partial charge on any atom is 0.234 e. The van der Waals surface area contributed by atoms with Gasteiger partial charge in [0.15, 0.2) is 5.16 Å². The number of carbonyl (C=O) groups is 2. The van der Waals surface area contributed by atoms with Crippen LogP contribution >= 0.6 is 11.8 Å². The molecule has 0 aliphatic carbocycles. The number of carbonyl (C=O) groups excluding carboxylic acids is 2. The van der Waals surface area contributed by atoms with E-state index in [1.54, 1.807) is 25.3 Å². The molecule has 3 rings (SSSR count). The van der Waals surface area contributed by atoms with E-state index in [0.717, 1.165) is 11.3 Å². The van der Waals surface area contributed by atoms with Gasteiger partial charge in [-0.2, -0.15) is 0 Å². The van der Waals surface area contributed by atoms with E-state index in [9.17, 15) is 9.59 Å². The molecule has 0 aliphatic heterocycles. The Morgan fingerprint density at radius 2 is 1.74 bits per heavy atom. The highest BCUT2D eigenvalue weighted by Gasteiger charge is 2.16. The van der Waals surface area contributed by atoms with E-state index in [1.165, 1.54) is 11.8 Å². The maximum atomic E-state index is 12.5. The van der Waals surface area contributed by atoms with Crippen molar-refractivity contribution in [2.45, 2.75) is 32.0 Å². The van der Waals surface area contributed by atoms with Crippen LogP contribution in [0.4, 0.5) is 11.4 Å². The largest absolute Gasteiger partial charge is 0.497 e. The van der Waals surface area contributed by atoms with Crippen molar-refractivity contribution in [3.63, 3.8) is 0 Å². The SMILES string of the molecule is CCn1c(CC(=O)Nc2cccc(OC)c2)nnc1SCC(=O)Nc1cccc(C)c1. The Morgan fingerprint density at radius 1 is 1.03 bits per heavy atom. The Labute approximate surface area is 185 Å². The van der Waals surface area contributed by atoms with Gasteiger partial charge in [0.2, 0.25) is 11.8 Å². The number of nitrogens with one attached hydrogen (secondary N) is 2. The molecule has 9 heteroatoms. The van der Waals surface area contributed by atoms with E-state index in [-0.39, 0.29) is 24.0 Å². The molecule has 162 valence electrons. The smallest absolute Gasteiger partial charge is 0.234 e. The Bertz CT molecular complexity index is 1070. The van der Waals surface area contributed by atoms with E-state index in [4.69, 9.17) is 4.74 Å². The molecule has 0 atom stereocenters. The Balaban J connectivity index is 1.58. The number of aryl methyl sites for hydroxylation is 1. The molecule has 8 nitrogen and oxygen atoms in total. The molecule has 3 aromatic rings. The van der Waals surface area contributed by atoms with Crippen molar-refractivity contribution in [3.05, 3.63) is 59.9 Å². The van der Waals surface area contributed by atoms with Crippen LogP contribution < -0.4 is 15.4 Å². The van der Waals surface area contributed by atoms with Crippen LogP contribution in [0.2, 0.25) is 0 Å². The Hall–Kier alpha value is -3.33. The van der Waals surface area contributed by atoms with Gasteiger partial charge in [0.05, 0.1) is 19.3 Å². The molecule has 0 unspecified atom stereocenters. The van der Waals surface area contributed by atoms with Crippen LogP contribution in [0.1, 0.15) is 18.3 Å². The van der Waals surface area contributed by atoms with Gasteiger partial charge in [0, 0.05) is 24.0 Å². The highest BCUT2D eigenvalue weighted by molar-refractivity contribution is 7.99. The summed E-state index contributed by atoms with van der Waals surface area (Å²) >= 11 is 1.29. The molecule has 0 saturated carbocycles. The van der Waals surface area contributed by atoms with Gasteiger partial charge in [-0.15, -0.1) is 10.2 Å². The Kier molecular flexibility index (Phi) is 7.66. The number of anilines is 2. The summed E-state index contributed by atoms with van der Waals surface area (Å²) in [6, 6.07) is 14.8. The second-order valence-corrected chi connectivity index (χ2v) is 7.75. The number of rotatable bonds is 9. The minimum atomic E-state index is -0.205. The highest BCUT2D eigenvalue weighted by atomic mass is 32.2. The molecule has 0 aliphatic rings. The van der Waals surface area contributed by atoms with Crippen molar-refractivity contribution < 1.29 is 14.3 Å². The summed E-state index contributed by atoms with van der Waals surface area (Å²) in [5, 5.41) is 14.6. The van der Waals surface area contributed by atoms with E-state index in [0.29, 0.717) is 29.0 Å². The minimum Gasteiger partial charge on any atom is -0.497 e. The van der Waals surface area contributed by atoms with Gasteiger partial charge in [-0.05, 0) is 43.7 Å². The minimum absolute atomic E-state index is 0.0775. The average molecular weight is 440 g/mol. The first-order valence-electron chi connectivity index (χ1n) is 9.83. The van der Waals surface area contributed by atoms with E-state index >= 15 is 0 Å². The summed E-state index contributed by atoms with van der Waals surface area (Å²) in [7, 11) is 1.57. The number of ether oxygens (including phenoxy) is 1. The molecule has 1 heterocycles. The normalized spacial score (nSPS) is 10.5. The van der Waals surface area contributed by atoms with Crippen molar-refractivity contribution in [2.75, 3.05) is 23.5 Å². The number of amides is 2. The quantitative estimate of drug-likeness (QED) is 0.495. The Morgan fingerprint density at radius 3 is 2.45 bits per heavy atom. The zero-order valence-electron chi connectivity index (χ0n) is 17.7. The first-order valence-corrected chi connectivity index (χ1v) is 10.8. The fraction of sp³-hybridized carbons (Fsp3) is 0.273. The van der Waals surface area contributed by atoms with Crippen LogP contribution in [0.25, 0.3) is 0 Å². The second-order valence-electron chi connectivity index (χ2n) is 6.81. The number of benzene rings is 2. The predicted octanol–water partition coefficient (Wildman–Crippen LogP) is 3.53. The molecule has 2 aromatic carbocycles. The molecule has 0 fully saturated rings. The topological polar surface area (TPSA) is 98.1 Å². The number of hydrogen-bond donors (Lipinski definition) is 2. The fourth-order valence-electron chi connectivity index (χ4n) is 2.97. The van der Waals surface area contributed by atoms with Crippen molar-refractivity contribution >= 4 is 35.0 Å². The molecule has 2 amide bonds. The lowest BCUT2D eigenvalue weighted by Crippen LogP contribution is -2.18. The van der Waals surface area contributed by atoms with Crippen LogP contribution in [0.3, 0.4) is 0 Å². The summed E-state index contributed by atoms with van der Waals surface area (Å²) in [6.07, 6.45) is 0.0775. The van der Waals surface area contributed by atoms with Gasteiger partial charge in [-0.3, -0.25) is 9.59 Å². The molecular weight excluding hydrogens is 414 g/mol. The van der Waals surface area contributed by atoms with Gasteiger partial charge in [-0.25, -0.2) is 0 Å². The number of hydrogen-bond acceptors (Lipinski definition) is 6. The first kappa shape index (κ1) is 22.4. The number of nitrogens with zero attached hydrogens (tertiary/aromatic N) is 3.